The van der Waals surface area contributed by atoms with Gasteiger partial charge in [-0.15, -0.1) is 0 Å². The highest BCUT2D eigenvalue weighted by Gasteiger charge is 2.34. The molecule has 0 bridgehead atoms. The molecule has 0 spiro atoms. The quantitative estimate of drug-likeness (QED) is 0.838. The maximum Gasteiger partial charge on any atom is 0.251 e. The summed E-state index contributed by atoms with van der Waals surface area (Å²) in [6.45, 7) is 0.495. The van der Waals surface area contributed by atoms with Crippen LogP contribution in [0.25, 0.3) is 0 Å². The molecular formula is C14H15N5O3. The largest absolute Gasteiger partial charge is 0.369 e. The van der Waals surface area contributed by atoms with Crippen molar-refractivity contribution in [1.29, 1.82) is 0 Å². The number of aromatic nitrogens is 3. The lowest BCUT2D eigenvalue weighted by molar-refractivity contribution is -0.154. The lowest BCUT2D eigenvalue weighted by Crippen LogP contribution is -2.54. The average molecular weight is 301 g/mol. The van der Waals surface area contributed by atoms with Gasteiger partial charge in [-0.1, -0.05) is 30.3 Å². The SMILES string of the molecule is O=C(Nc1ncn[nH]1)[C@H]1COCC(=O)N1Cc1ccccc1. The molecule has 8 heteroatoms. The van der Waals surface area contributed by atoms with E-state index in [9.17, 15) is 9.59 Å². The number of hydrogen-bond donors (Lipinski definition) is 2. The maximum atomic E-state index is 12.3. The Kier molecular flexibility index (Phi) is 4.10. The molecule has 0 aliphatic carbocycles. The third-order valence-electron chi connectivity index (χ3n) is 3.35. The molecular weight excluding hydrogens is 286 g/mol. The Balaban J connectivity index is 1.74. The number of morpholine rings is 1. The summed E-state index contributed by atoms with van der Waals surface area (Å²) in [4.78, 5) is 29.8. The summed E-state index contributed by atoms with van der Waals surface area (Å²) in [7, 11) is 0. The van der Waals surface area contributed by atoms with Crippen LogP contribution in [0.3, 0.4) is 0 Å². The maximum absolute atomic E-state index is 12.3. The Bertz CT molecular complexity index is 644. The number of carbonyl (C=O) groups is 2. The van der Waals surface area contributed by atoms with Crippen molar-refractivity contribution >= 4 is 17.8 Å². The number of amides is 2. The second-order valence-electron chi connectivity index (χ2n) is 4.86. The van der Waals surface area contributed by atoms with Crippen molar-refractivity contribution in [2.24, 2.45) is 0 Å². The molecule has 0 radical (unpaired) electrons. The van der Waals surface area contributed by atoms with Crippen LogP contribution in [0.1, 0.15) is 5.56 Å². The van der Waals surface area contributed by atoms with Crippen LogP contribution in [0, 0.1) is 0 Å². The van der Waals surface area contributed by atoms with Gasteiger partial charge in [-0.3, -0.25) is 14.9 Å². The molecule has 2 heterocycles. The van der Waals surface area contributed by atoms with Gasteiger partial charge in [-0.2, -0.15) is 10.1 Å². The minimum atomic E-state index is -0.702. The smallest absolute Gasteiger partial charge is 0.251 e. The number of rotatable bonds is 4. The van der Waals surface area contributed by atoms with Crippen LogP contribution in [0.4, 0.5) is 5.95 Å². The molecule has 114 valence electrons. The summed E-state index contributed by atoms with van der Waals surface area (Å²) in [6, 6.07) is 8.81. The molecule has 8 nitrogen and oxygen atoms in total. The zero-order chi connectivity index (χ0) is 15.4. The summed E-state index contributed by atoms with van der Waals surface area (Å²) >= 11 is 0. The number of aromatic amines is 1. The second kappa shape index (κ2) is 6.35. The Morgan fingerprint density at radius 3 is 2.95 bits per heavy atom. The van der Waals surface area contributed by atoms with Gasteiger partial charge in [-0.25, -0.2) is 5.10 Å². The Morgan fingerprint density at radius 2 is 2.23 bits per heavy atom. The standard InChI is InChI=1S/C14H15N5O3/c20-12-8-22-7-11(13(21)17-14-15-9-16-18-14)19(12)6-10-4-2-1-3-5-10/h1-5,9,11H,6-8H2,(H2,15,16,17,18,21)/t11-/m1/s1. The molecule has 2 N–H and O–H groups in total. The average Bonchev–Trinajstić information content (AvgIpc) is 3.03. The van der Waals surface area contributed by atoms with Crippen molar-refractivity contribution in [3.05, 3.63) is 42.2 Å². The summed E-state index contributed by atoms with van der Waals surface area (Å²) in [5.74, 6) is -0.337. The van der Waals surface area contributed by atoms with Crippen molar-refractivity contribution in [1.82, 2.24) is 20.1 Å². The lowest BCUT2D eigenvalue weighted by Gasteiger charge is -2.34. The van der Waals surface area contributed by atoms with Gasteiger partial charge in [0.2, 0.25) is 11.9 Å². The fraction of sp³-hybridized carbons (Fsp3) is 0.286. The van der Waals surface area contributed by atoms with Crippen molar-refractivity contribution in [2.45, 2.75) is 12.6 Å². The first-order valence-corrected chi connectivity index (χ1v) is 6.81. The van der Waals surface area contributed by atoms with Gasteiger partial charge in [0, 0.05) is 6.54 Å². The van der Waals surface area contributed by atoms with Crippen LogP contribution >= 0.6 is 0 Å². The third-order valence-corrected chi connectivity index (χ3v) is 3.35. The number of ether oxygens (including phenoxy) is 1. The highest BCUT2D eigenvalue weighted by atomic mass is 16.5. The van der Waals surface area contributed by atoms with Crippen LogP contribution in [0.2, 0.25) is 0 Å². The molecule has 1 aromatic heterocycles. The molecule has 2 amide bonds. The number of hydrogen-bond acceptors (Lipinski definition) is 5. The molecule has 1 aromatic carbocycles. The Hall–Kier alpha value is -2.74. The van der Waals surface area contributed by atoms with E-state index in [1.54, 1.807) is 0 Å². The number of carbonyl (C=O) groups excluding carboxylic acids is 2. The zero-order valence-electron chi connectivity index (χ0n) is 11.7. The highest BCUT2D eigenvalue weighted by Crippen LogP contribution is 2.14. The van der Waals surface area contributed by atoms with Crippen molar-refractivity contribution in [3.8, 4) is 0 Å². The molecule has 1 fully saturated rings. The van der Waals surface area contributed by atoms with Crippen molar-refractivity contribution < 1.29 is 14.3 Å². The lowest BCUT2D eigenvalue weighted by atomic mass is 10.1. The van der Waals surface area contributed by atoms with Gasteiger partial charge < -0.3 is 9.64 Å². The summed E-state index contributed by atoms with van der Waals surface area (Å²) in [6.07, 6.45) is 1.29. The molecule has 1 atom stereocenters. The number of H-pyrrole nitrogens is 1. The number of anilines is 1. The first-order valence-electron chi connectivity index (χ1n) is 6.81. The van der Waals surface area contributed by atoms with E-state index >= 15 is 0 Å². The van der Waals surface area contributed by atoms with Crippen LogP contribution < -0.4 is 5.32 Å². The molecule has 1 aliphatic heterocycles. The second-order valence-corrected chi connectivity index (χ2v) is 4.86. The van der Waals surface area contributed by atoms with Gasteiger partial charge >= 0.3 is 0 Å². The van der Waals surface area contributed by atoms with E-state index in [1.165, 1.54) is 11.2 Å². The van der Waals surface area contributed by atoms with Gasteiger partial charge in [0.05, 0.1) is 6.61 Å². The van der Waals surface area contributed by atoms with E-state index in [0.717, 1.165) is 5.56 Å². The minimum absolute atomic E-state index is 0.0150. The van der Waals surface area contributed by atoms with E-state index in [-0.39, 0.29) is 31.0 Å². The van der Waals surface area contributed by atoms with E-state index in [2.05, 4.69) is 20.5 Å². The summed E-state index contributed by atoms with van der Waals surface area (Å²) in [5.41, 5.74) is 0.954. The molecule has 0 saturated carbocycles. The fourth-order valence-electron chi connectivity index (χ4n) is 2.27. The fourth-order valence-corrected chi connectivity index (χ4v) is 2.27. The predicted molar refractivity (Wildman–Crippen MR) is 76.6 cm³/mol. The summed E-state index contributed by atoms with van der Waals surface area (Å²) < 4.78 is 5.20. The molecule has 1 saturated heterocycles. The summed E-state index contributed by atoms with van der Waals surface area (Å²) in [5, 5.41) is 8.79. The Morgan fingerprint density at radius 1 is 1.41 bits per heavy atom. The van der Waals surface area contributed by atoms with Crippen LogP contribution in [-0.2, 0) is 20.9 Å². The van der Waals surface area contributed by atoms with Gasteiger partial charge in [0.1, 0.15) is 19.0 Å². The minimum Gasteiger partial charge on any atom is -0.369 e. The molecule has 2 aromatic rings. The Labute approximate surface area is 126 Å². The molecule has 1 aliphatic rings. The molecule has 22 heavy (non-hydrogen) atoms. The van der Waals surface area contributed by atoms with Crippen LogP contribution in [0.15, 0.2) is 36.7 Å². The van der Waals surface area contributed by atoms with Crippen LogP contribution in [0.5, 0.6) is 0 Å². The van der Waals surface area contributed by atoms with Gasteiger partial charge in [0.15, 0.2) is 0 Å². The number of nitrogens with one attached hydrogen (secondary N) is 2. The highest BCUT2D eigenvalue weighted by molar-refractivity contribution is 5.96. The van der Waals surface area contributed by atoms with Gasteiger partial charge in [0.25, 0.3) is 5.91 Å². The van der Waals surface area contributed by atoms with E-state index in [4.69, 9.17) is 4.74 Å². The van der Waals surface area contributed by atoms with Crippen molar-refractivity contribution in [2.75, 3.05) is 18.5 Å². The first kappa shape index (κ1) is 14.2. The van der Waals surface area contributed by atoms with E-state index < -0.39 is 6.04 Å². The number of nitrogens with zero attached hydrogens (tertiary/aromatic N) is 3. The van der Waals surface area contributed by atoms with Gasteiger partial charge in [-0.05, 0) is 5.56 Å². The number of benzene rings is 1. The van der Waals surface area contributed by atoms with E-state index in [1.807, 2.05) is 30.3 Å². The molecule has 0 unspecified atom stereocenters. The normalized spacial score (nSPS) is 18.3. The topological polar surface area (TPSA) is 100 Å². The molecule has 3 rings (SSSR count). The van der Waals surface area contributed by atoms with Crippen LogP contribution in [-0.4, -0.2) is 51.2 Å². The van der Waals surface area contributed by atoms with E-state index in [0.29, 0.717) is 6.54 Å². The monoisotopic (exact) mass is 301 g/mol. The third kappa shape index (κ3) is 3.12. The predicted octanol–water partition coefficient (Wildman–Crippen LogP) is 0.171. The first-order chi connectivity index (χ1) is 10.7. The van der Waals surface area contributed by atoms with Crippen molar-refractivity contribution in [3.63, 3.8) is 0 Å². The zero-order valence-corrected chi connectivity index (χ0v) is 11.7.